The van der Waals surface area contributed by atoms with Crippen molar-refractivity contribution in [2.45, 2.75) is 76.2 Å². The second-order valence-corrected chi connectivity index (χ2v) is 8.93. The summed E-state index contributed by atoms with van der Waals surface area (Å²) in [6.45, 7) is 0. The molecule has 0 amide bonds. The summed E-state index contributed by atoms with van der Waals surface area (Å²) in [7, 11) is 0. The molecule has 0 bridgehead atoms. The van der Waals surface area contributed by atoms with E-state index >= 15 is 0 Å². The van der Waals surface area contributed by atoms with Gasteiger partial charge >= 0.3 is 5.97 Å². The summed E-state index contributed by atoms with van der Waals surface area (Å²) >= 11 is 0. The van der Waals surface area contributed by atoms with Crippen LogP contribution in [0.2, 0.25) is 0 Å². The topological polar surface area (TPSA) is 50.1 Å². The normalized spacial score (nSPS) is 26.6. The lowest BCUT2D eigenvalue weighted by Gasteiger charge is -2.31. The molecule has 0 aromatic heterocycles. The van der Waals surface area contributed by atoms with Crippen molar-refractivity contribution in [3.8, 4) is 6.07 Å². The van der Waals surface area contributed by atoms with Crippen LogP contribution in [0.15, 0.2) is 42.3 Å². The van der Waals surface area contributed by atoms with Crippen molar-refractivity contribution < 1.29 is 22.7 Å². The van der Waals surface area contributed by atoms with Crippen molar-refractivity contribution in [1.29, 1.82) is 5.26 Å². The van der Waals surface area contributed by atoms with E-state index in [1.165, 1.54) is 24.3 Å². The Bertz CT molecular complexity index is 874. The summed E-state index contributed by atoms with van der Waals surface area (Å²) in [5, 5.41) is 8.35. The number of hydrogen-bond acceptors (Lipinski definition) is 3. The quantitative estimate of drug-likeness (QED) is 0.257. The Morgan fingerprint density at radius 1 is 1.06 bits per heavy atom. The van der Waals surface area contributed by atoms with Crippen LogP contribution in [0.4, 0.5) is 13.2 Å². The highest BCUT2D eigenvalue weighted by Gasteiger charge is 2.31. The minimum Gasteiger partial charge on any atom is -0.462 e. The number of benzene rings is 1. The van der Waals surface area contributed by atoms with Crippen molar-refractivity contribution >= 4 is 5.97 Å². The molecule has 0 N–H and O–H groups in total. The van der Waals surface area contributed by atoms with E-state index in [2.05, 4.69) is 0 Å². The first kappa shape index (κ1) is 24.1. The van der Waals surface area contributed by atoms with Crippen LogP contribution in [0.25, 0.3) is 0 Å². The molecule has 3 nitrogen and oxygen atoms in total. The molecular weight excluding hydrogens is 415 g/mol. The predicted molar refractivity (Wildman–Crippen MR) is 116 cm³/mol. The molecule has 0 atom stereocenters. The smallest absolute Gasteiger partial charge is 0.309 e. The van der Waals surface area contributed by atoms with Gasteiger partial charge in [-0.15, -0.1) is 0 Å². The van der Waals surface area contributed by atoms with E-state index in [4.69, 9.17) is 10.00 Å². The number of nitrogens with zero attached hydrogens (tertiary/aromatic N) is 1. The van der Waals surface area contributed by atoms with Crippen molar-refractivity contribution in [2.75, 3.05) is 0 Å². The van der Waals surface area contributed by atoms with Gasteiger partial charge in [0.2, 0.25) is 0 Å². The number of halogens is 3. The molecule has 2 aliphatic rings. The summed E-state index contributed by atoms with van der Waals surface area (Å²) < 4.78 is 45.1. The van der Waals surface area contributed by atoms with E-state index in [1.807, 2.05) is 6.08 Å². The minimum absolute atomic E-state index is 0.0223. The van der Waals surface area contributed by atoms with Crippen molar-refractivity contribution in [3.63, 3.8) is 0 Å². The summed E-state index contributed by atoms with van der Waals surface area (Å²) in [6.07, 6.45) is 13.2. The highest BCUT2D eigenvalue weighted by atomic mass is 19.2. The number of rotatable bonds is 7. The molecule has 2 aliphatic carbocycles. The summed E-state index contributed by atoms with van der Waals surface area (Å²) in [5.74, 6) is -1.94. The lowest BCUT2D eigenvalue weighted by atomic mass is 9.78. The molecule has 1 aromatic rings. The molecular formula is C26H30F3NO2. The van der Waals surface area contributed by atoms with Crippen LogP contribution >= 0.6 is 0 Å². The van der Waals surface area contributed by atoms with E-state index in [1.54, 1.807) is 12.1 Å². The molecule has 0 heterocycles. The zero-order chi connectivity index (χ0) is 22.9. The van der Waals surface area contributed by atoms with Crippen LogP contribution < -0.4 is 0 Å². The van der Waals surface area contributed by atoms with Crippen LogP contribution in [0.1, 0.15) is 75.7 Å². The third kappa shape index (κ3) is 6.98. The third-order valence-electron chi connectivity index (χ3n) is 6.78. The molecule has 0 radical (unpaired) electrons. The van der Waals surface area contributed by atoms with Crippen molar-refractivity contribution in [2.24, 2.45) is 11.8 Å². The van der Waals surface area contributed by atoms with E-state index in [9.17, 15) is 18.0 Å². The molecule has 6 heteroatoms. The van der Waals surface area contributed by atoms with Gasteiger partial charge in [0.15, 0.2) is 17.5 Å². The Balaban J connectivity index is 1.35. The number of carbonyl (C=O) groups excluding carboxylic acids is 1. The maximum Gasteiger partial charge on any atom is 0.309 e. The molecule has 0 saturated heterocycles. The molecule has 0 spiro atoms. The van der Waals surface area contributed by atoms with E-state index in [0.29, 0.717) is 18.8 Å². The largest absolute Gasteiger partial charge is 0.462 e. The Kier molecular flexibility index (Phi) is 8.96. The Hall–Kier alpha value is -2.55. The molecule has 172 valence electrons. The predicted octanol–water partition coefficient (Wildman–Crippen LogP) is 7.05. The number of hydrogen-bond donors (Lipinski definition) is 0. The Morgan fingerprint density at radius 2 is 1.78 bits per heavy atom. The van der Waals surface area contributed by atoms with Gasteiger partial charge in [-0.3, -0.25) is 4.79 Å². The van der Waals surface area contributed by atoms with Gasteiger partial charge in [-0.25, -0.2) is 8.78 Å². The highest BCUT2D eigenvalue weighted by Crippen LogP contribution is 2.37. The highest BCUT2D eigenvalue weighted by molar-refractivity contribution is 5.72. The van der Waals surface area contributed by atoms with Crippen LogP contribution in [0.5, 0.6) is 0 Å². The zero-order valence-corrected chi connectivity index (χ0v) is 18.2. The average Bonchev–Trinajstić information content (AvgIpc) is 2.81. The van der Waals surface area contributed by atoms with Crippen LogP contribution in [-0.2, 0) is 9.53 Å². The number of ether oxygens (including phenoxy) is 1. The van der Waals surface area contributed by atoms with Gasteiger partial charge in [-0.1, -0.05) is 18.2 Å². The first-order valence-corrected chi connectivity index (χ1v) is 11.5. The fourth-order valence-corrected chi connectivity index (χ4v) is 4.85. The van der Waals surface area contributed by atoms with Gasteiger partial charge in [0.25, 0.3) is 0 Å². The maximum atomic E-state index is 13.5. The molecule has 3 rings (SSSR count). The van der Waals surface area contributed by atoms with Crippen LogP contribution in [-0.4, -0.2) is 12.1 Å². The van der Waals surface area contributed by atoms with Gasteiger partial charge in [-0.2, -0.15) is 9.65 Å². The van der Waals surface area contributed by atoms with Gasteiger partial charge in [0.1, 0.15) is 12.2 Å². The van der Waals surface area contributed by atoms with E-state index in [0.717, 1.165) is 56.9 Å². The monoisotopic (exact) mass is 445 g/mol. The second-order valence-electron chi connectivity index (χ2n) is 8.93. The summed E-state index contributed by atoms with van der Waals surface area (Å²) in [6, 6.07) is 5.52. The SMILES string of the molecule is N#CC(F)=C/C=C/CCC1CCC(OC(=O)C2CCC(c3ccc(F)c(F)c3)CC2)CC1. The fourth-order valence-electron chi connectivity index (χ4n) is 4.85. The van der Waals surface area contributed by atoms with E-state index < -0.39 is 17.5 Å². The van der Waals surface area contributed by atoms with Gasteiger partial charge < -0.3 is 4.74 Å². The lowest BCUT2D eigenvalue weighted by molar-refractivity contribution is -0.157. The number of esters is 1. The maximum absolute atomic E-state index is 13.5. The average molecular weight is 446 g/mol. The van der Waals surface area contributed by atoms with Crippen LogP contribution in [0, 0.1) is 34.8 Å². The van der Waals surface area contributed by atoms with Gasteiger partial charge in [0.05, 0.1) is 5.92 Å². The molecule has 0 aliphatic heterocycles. The van der Waals surface area contributed by atoms with Gasteiger partial charge in [0, 0.05) is 0 Å². The number of nitriles is 1. The first-order valence-electron chi connectivity index (χ1n) is 11.5. The Morgan fingerprint density at radius 3 is 2.44 bits per heavy atom. The van der Waals surface area contributed by atoms with Gasteiger partial charge in [-0.05, 0) is 99.8 Å². The number of allylic oxidation sites excluding steroid dienone is 4. The molecule has 32 heavy (non-hydrogen) atoms. The summed E-state index contributed by atoms with van der Waals surface area (Å²) in [4.78, 5) is 12.6. The Labute approximate surface area is 188 Å². The standard InChI is InChI=1S/C26H30F3NO2/c27-22(17-30)5-3-1-2-4-18-6-13-23(14-7-18)32-26(31)20-10-8-19(9-11-20)21-12-15-24(28)25(29)16-21/h1,3,5,12,15-16,18-20,23H,2,4,6-11,13-14H2/b3-1+,22-5?. The molecule has 0 unspecified atom stereocenters. The van der Waals surface area contributed by atoms with E-state index in [-0.39, 0.29) is 23.9 Å². The minimum atomic E-state index is -0.833. The second kappa shape index (κ2) is 11.9. The van der Waals surface area contributed by atoms with Crippen molar-refractivity contribution in [3.05, 3.63) is 59.5 Å². The third-order valence-corrected chi connectivity index (χ3v) is 6.78. The summed E-state index contributed by atoms with van der Waals surface area (Å²) in [5.41, 5.74) is 0.801. The lowest BCUT2D eigenvalue weighted by Crippen LogP contribution is -2.29. The van der Waals surface area contributed by atoms with Crippen LogP contribution in [0.3, 0.4) is 0 Å². The zero-order valence-electron chi connectivity index (χ0n) is 18.2. The molecule has 2 fully saturated rings. The molecule has 2 saturated carbocycles. The first-order chi connectivity index (χ1) is 15.5. The van der Waals surface area contributed by atoms with Crippen molar-refractivity contribution in [1.82, 2.24) is 0 Å². The fraction of sp³-hybridized carbons (Fsp3) is 0.538. The number of carbonyl (C=O) groups is 1. The molecule has 1 aromatic carbocycles.